The Bertz CT molecular complexity index is 1070. The van der Waals surface area contributed by atoms with E-state index in [4.69, 9.17) is 0 Å². The van der Waals surface area contributed by atoms with Gasteiger partial charge in [0.15, 0.2) is 0 Å². The topological polar surface area (TPSA) is 88.2 Å². The van der Waals surface area contributed by atoms with Crippen molar-refractivity contribution >= 4 is 21.6 Å². The average molecular weight is 399 g/mol. The number of para-hydroxylation sites is 1. The van der Waals surface area contributed by atoms with Crippen LogP contribution in [0, 0.1) is 5.82 Å². The van der Waals surface area contributed by atoms with Crippen molar-refractivity contribution in [2.45, 2.75) is 17.9 Å². The standard InChI is InChI=1S/C20H18FN3O3S/c1-14(15-10-12-22-13-11-15)23-20(25)16-6-8-17(9-7-16)28(26,27)24-19-5-3-2-4-18(19)21/h2-14,24H,1H3,(H,23,25)/t14-/m0/s1. The Morgan fingerprint density at radius 3 is 2.29 bits per heavy atom. The number of nitrogens with zero attached hydrogens (tertiary/aromatic N) is 1. The summed E-state index contributed by atoms with van der Waals surface area (Å²) in [5, 5.41) is 2.84. The van der Waals surface area contributed by atoms with E-state index in [-0.39, 0.29) is 22.5 Å². The maximum atomic E-state index is 13.7. The lowest BCUT2D eigenvalue weighted by Gasteiger charge is -2.14. The Balaban J connectivity index is 1.72. The number of rotatable bonds is 6. The summed E-state index contributed by atoms with van der Waals surface area (Å²) in [7, 11) is -3.97. The maximum absolute atomic E-state index is 13.7. The third-order valence-corrected chi connectivity index (χ3v) is 5.48. The van der Waals surface area contributed by atoms with E-state index in [1.54, 1.807) is 24.5 Å². The molecule has 1 aromatic heterocycles. The van der Waals surface area contributed by atoms with Gasteiger partial charge in [-0.3, -0.25) is 14.5 Å². The van der Waals surface area contributed by atoms with Crippen LogP contribution in [0.4, 0.5) is 10.1 Å². The van der Waals surface area contributed by atoms with E-state index < -0.39 is 15.8 Å². The number of hydrogen-bond donors (Lipinski definition) is 2. The molecule has 1 heterocycles. The zero-order valence-corrected chi connectivity index (χ0v) is 15.8. The number of benzene rings is 2. The number of nitrogens with one attached hydrogen (secondary N) is 2. The van der Waals surface area contributed by atoms with Gasteiger partial charge in [0.1, 0.15) is 5.82 Å². The van der Waals surface area contributed by atoms with E-state index in [1.165, 1.54) is 42.5 Å². The van der Waals surface area contributed by atoms with E-state index >= 15 is 0 Å². The van der Waals surface area contributed by atoms with Crippen molar-refractivity contribution in [3.63, 3.8) is 0 Å². The summed E-state index contributed by atoms with van der Waals surface area (Å²) in [4.78, 5) is 16.2. The highest BCUT2D eigenvalue weighted by Crippen LogP contribution is 2.19. The zero-order chi connectivity index (χ0) is 20.1. The molecule has 1 amide bonds. The minimum Gasteiger partial charge on any atom is -0.346 e. The molecule has 0 radical (unpaired) electrons. The molecule has 3 aromatic rings. The number of halogens is 1. The second kappa shape index (κ2) is 8.18. The molecule has 2 aromatic carbocycles. The molecule has 0 bridgehead atoms. The fourth-order valence-corrected chi connectivity index (χ4v) is 3.62. The molecule has 28 heavy (non-hydrogen) atoms. The predicted molar refractivity (Wildman–Crippen MR) is 104 cm³/mol. The molecule has 0 saturated heterocycles. The average Bonchev–Trinajstić information content (AvgIpc) is 2.70. The normalized spacial score (nSPS) is 12.2. The van der Waals surface area contributed by atoms with Crippen molar-refractivity contribution in [1.29, 1.82) is 0 Å². The first-order chi connectivity index (χ1) is 13.4. The first-order valence-corrected chi connectivity index (χ1v) is 9.93. The molecular weight excluding hydrogens is 381 g/mol. The van der Waals surface area contributed by atoms with E-state index in [2.05, 4.69) is 15.0 Å². The fourth-order valence-electron chi connectivity index (χ4n) is 2.55. The summed E-state index contributed by atoms with van der Waals surface area (Å²) in [6.45, 7) is 1.84. The van der Waals surface area contributed by atoms with Crippen molar-refractivity contribution in [2.24, 2.45) is 0 Å². The second-order valence-corrected chi connectivity index (χ2v) is 7.77. The number of amides is 1. The number of aromatic nitrogens is 1. The molecule has 144 valence electrons. The Morgan fingerprint density at radius 1 is 1.00 bits per heavy atom. The van der Waals surface area contributed by atoms with E-state index in [0.29, 0.717) is 5.56 Å². The summed E-state index contributed by atoms with van der Waals surface area (Å²) >= 11 is 0. The van der Waals surface area contributed by atoms with Gasteiger partial charge in [0.05, 0.1) is 16.6 Å². The Labute approximate surface area is 162 Å². The largest absolute Gasteiger partial charge is 0.346 e. The van der Waals surface area contributed by atoms with Gasteiger partial charge in [-0.25, -0.2) is 12.8 Å². The highest BCUT2D eigenvalue weighted by atomic mass is 32.2. The lowest BCUT2D eigenvalue weighted by Crippen LogP contribution is -2.26. The molecule has 3 rings (SSSR count). The molecule has 8 heteroatoms. The molecule has 0 saturated carbocycles. The highest BCUT2D eigenvalue weighted by molar-refractivity contribution is 7.92. The van der Waals surface area contributed by atoms with Gasteiger partial charge >= 0.3 is 0 Å². The summed E-state index contributed by atoms with van der Waals surface area (Å²) in [5.41, 5.74) is 1.07. The van der Waals surface area contributed by atoms with Gasteiger partial charge < -0.3 is 5.32 Å². The van der Waals surface area contributed by atoms with Gasteiger partial charge in [-0.2, -0.15) is 0 Å². The number of sulfonamides is 1. The Hall–Kier alpha value is -3.26. The van der Waals surface area contributed by atoms with Crippen molar-refractivity contribution < 1.29 is 17.6 Å². The number of hydrogen-bond acceptors (Lipinski definition) is 4. The molecule has 0 unspecified atom stereocenters. The number of carbonyl (C=O) groups excluding carboxylic acids is 1. The molecule has 0 spiro atoms. The Kier molecular flexibility index (Phi) is 5.70. The van der Waals surface area contributed by atoms with Crippen LogP contribution in [0.15, 0.2) is 78.0 Å². The SMILES string of the molecule is C[C@H](NC(=O)c1ccc(S(=O)(=O)Nc2ccccc2F)cc1)c1ccncc1. The molecule has 0 aliphatic heterocycles. The van der Waals surface area contributed by atoms with E-state index in [0.717, 1.165) is 11.6 Å². The van der Waals surface area contributed by atoms with Crippen LogP contribution in [-0.4, -0.2) is 19.3 Å². The quantitative estimate of drug-likeness (QED) is 0.664. The summed E-state index contributed by atoms with van der Waals surface area (Å²) in [6.07, 6.45) is 3.28. The van der Waals surface area contributed by atoms with Crippen molar-refractivity contribution in [3.8, 4) is 0 Å². The van der Waals surface area contributed by atoms with Gasteiger partial charge in [0.2, 0.25) is 0 Å². The number of pyridine rings is 1. The van der Waals surface area contributed by atoms with Crippen molar-refractivity contribution in [1.82, 2.24) is 10.3 Å². The lowest BCUT2D eigenvalue weighted by molar-refractivity contribution is 0.0939. The van der Waals surface area contributed by atoms with Crippen molar-refractivity contribution in [3.05, 3.63) is 90.0 Å². The van der Waals surface area contributed by atoms with Gasteiger partial charge in [-0.05, 0) is 61.0 Å². The van der Waals surface area contributed by atoms with Crippen LogP contribution < -0.4 is 10.0 Å². The van der Waals surface area contributed by atoms with Gasteiger partial charge in [0, 0.05) is 18.0 Å². The van der Waals surface area contributed by atoms with Gasteiger partial charge in [-0.15, -0.1) is 0 Å². The lowest BCUT2D eigenvalue weighted by atomic mass is 10.1. The fraction of sp³-hybridized carbons (Fsp3) is 0.100. The Morgan fingerprint density at radius 2 is 1.64 bits per heavy atom. The molecule has 2 N–H and O–H groups in total. The minimum absolute atomic E-state index is 0.0746. The number of anilines is 1. The summed E-state index contributed by atoms with van der Waals surface area (Å²) in [6, 6.07) is 14.3. The predicted octanol–water partition coefficient (Wildman–Crippen LogP) is 3.51. The molecule has 1 atom stereocenters. The van der Waals surface area contributed by atoms with Gasteiger partial charge in [-0.1, -0.05) is 12.1 Å². The van der Waals surface area contributed by atoms with E-state index in [9.17, 15) is 17.6 Å². The molecule has 0 fully saturated rings. The summed E-state index contributed by atoms with van der Waals surface area (Å²) < 4.78 is 40.7. The smallest absolute Gasteiger partial charge is 0.261 e. The van der Waals surface area contributed by atoms with Crippen LogP contribution in [-0.2, 0) is 10.0 Å². The first kappa shape index (κ1) is 19.5. The van der Waals surface area contributed by atoms with E-state index in [1.807, 2.05) is 6.92 Å². The van der Waals surface area contributed by atoms with Crippen LogP contribution >= 0.6 is 0 Å². The van der Waals surface area contributed by atoms with Crippen LogP contribution in [0.3, 0.4) is 0 Å². The second-order valence-electron chi connectivity index (χ2n) is 6.09. The zero-order valence-electron chi connectivity index (χ0n) is 15.0. The number of carbonyl (C=O) groups is 1. The third kappa shape index (κ3) is 4.52. The van der Waals surface area contributed by atoms with Crippen LogP contribution in [0.2, 0.25) is 0 Å². The van der Waals surface area contributed by atoms with Crippen LogP contribution in [0.1, 0.15) is 28.9 Å². The van der Waals surface area contributed by atoms with Crippen LogP contribution in [0.5, 0.6) is 0 Å². The molecule has 0 aliphatic rings. The molecule has 0 aliphatic carbocycles. The van der Waals surface area contributed by atoms with Crippen molar-refractivity contribution in [2.75, 3.05) is 4.72 Å². The van der Waals surface area contributed by atoms with Crippen LogP contribution in [0.25, 0.3) is 0 Å². The first-order valence-electron chi connectivity index (χ1n) is 8.45. The summed E-state index contributed by atoms with van der Waals surface area (Å²) in [5.74, 6) is -1.01. The molecule has 6 nitrogen and oxygen atoms in total. The monoisotopic (exact) mass is 399 g/mol. The highest BCUT2D eigenvalue weighted by Gasteiger charge is 2.17. The molecular formula is C20H18FN3O3S. The minimum atomic E-state index is -3.97. The van der Waals surface area contributed by atoms with Gasteiger partial charge in [0.25, 0.3) is 15.9 Å². The third-order valence-electron chi connectivity index (χ3n) is 4.10. The maximum Gasteiger partial charge on any atom is 0.261 e.